The van der Waals surface area contributed by atoms with Crippen LogP contribution >= 0.6 is 31.9 Å². The predicted octanol–water partition coefficient (Wildman–Crippen LogP) is 4.08. The smallest absolute Gasteiger partial charge is 0.337 e. The Morgan fingerprint density at radius 1 is 1.38 bits per heavy atom. The number of carbonyl (C=O) groups excluding carboxylic acids is 1. The lowest BCUT2D eigenvalue weighted by atomic mass is 10.1. The van der Waals surface area contributed by atoms with E-state index in [1.807, 2.05) is 0 Å². The van der Waals surface area contributed by atoms with Gasteiger partial charge in [-0.1, -0.05) is 29.8 Å². The van der Waals surface area contributed by atoms with Gasteiger partial charge in [0.1, 0.15) is 0 Å². The van der Waals surface area contributed by atoms with Crippen LogP contribution in [-0.2, 0) is 0 Å². The van der Waals surface area contributed by atoms with Gasteiger partial charge < -0.3 is 15.7 Å². The summed E-state index contributed by atoms with van der Waals surface area (Å²) in [7, 11) is 0. The fourth-order valence-corrected chi connectivity index (χ4v) is 3.49. The number of urea groups is 1. The first-order valence-corrected chi connectivity index (χ1v) is 8.06. The van der Waals surface area contributed by atoms with Crippen molar-refractivity contribution < 1.29 is 14.7 Å². The zero-order chi connectivity index (χ0) is 15.8. The zero-order valence-corrected chi connectivity index (χ0v) is 14.8. The molecule has 2 amide bonds. The minimum absolute atomic E-state index is 0.0261. The van der Waals surface area contributed by atoms with E-state index in [4.69, 9.17) is 0 Å². The van der Waals surface area contributed by atoms with E-state index in [2.05, 4.69) is 56.3 Å². The minimum atomic E-state index is -1.10. The average Bonchev–Trinajstić information content (AvgIpc) is 2.97. The number of aromatic carboxylic acids is 1. The lowest BCUT2D eigenvalue weighted by Gasteiger charge is -2.13. The number of carboxylic acids is 1. The molecule has 7 heteroatoms. The Labute approximate surface area is 139 Å². The normalized spacial score (nSPS) is 19.0. The SMILES string of the molecule is CC1(C)CC1CNC(=O)Nc1c(Br)cc(Br)cc1C(=O)O. The Morgan fingerprint density at radius 2 is 2.00 bits per heavy atom. The molecule has 1 aliphatic carbocycles. The quantitative estimate of drug-likeness (QED) is 0.687. The van der Waals surface area contributed by atoms with Crippen LogP contribution in [-0.4, -0.2) is 23.7 Å². The predicted molar refractivity (Wildman–Crippen MR) is 87.7 cm³/mol. The van der Waals surface area contributed by atoms with Gasteiger partial charge in [-0.3, -0.25) is 0 Å². The summed E-state index contributed by atoms with van der Waals surface area (Å²) < 4.78 is 1.13. The molecule has 0 spiro atoms. The number of hydrogen-bond donors (Lipinski definition) is 3. The van der Waals surface area contributed by atoms with Crippen molar-refractivity contribution in [3.8, 4) is 0 Å². The summed E-state index contributed by atoms with van der Waals surface area (Å²) in [6.07, 6.45) is 1.09. The molecule has 1 aromatic rings. The number of halogens is 2. The van der Waals surface area contributed by atoms with Gasteiger partial charge in [0.15, 0.2) is 0 Å². The second-order valence-corrected chi connectivity index (χ2v) is 7.61. The summed E-state index contributed by atoms with van der Waals surface area (Å²) in [5.74, 6) is -0.619. The van der Waals surface area contributed by atoms with Crippen LogP contribution in [0, 0.1) is 11.3 Å². The van der Waals surface area contributed by atoms with Crippen LogP contribution in [0.5, 0.6) is 0 Å². The maximum absolute atomic E-state index is 11.9. The van der Waals surface area contributed by atoms with E-state index in [1.54, 1.807) is 6.07 Å². The van der Waals surface area contributed by atoms with Gasteiger partial charge >= 0.3 is 12.0 Å². The van der Waals surface area contributed by atoms with E-state index < -0.39 is 12.0 Å². The van der Waals surface area contributed by atoms with E-state index in [0.29, 0.717) is 21.4 Å². The average molecular weight is 420 g/mol. The number of carbonyl (C=O) groups is 2. The summed E-state index contributed by atoms with van der Waals surface area (Å²) in [6.45, 7) is 4.91. The molecule has 21 heavy (non-hydrogen) atoms. The summed E-state index contributed by atoms with van der Waals surface area (Å²) in [5.41, 5.74) is 0.564. The standard InChI is InChI=1S/C14H16Br2N2O3/c1-14(2)5-7(14)6-17-13(21)18-11-9(12(19)20)3-8(15)4-10(11)16/h3-4,7H,5-6H2,1-2H3,(H,19,20)(H2,17,18,21). The van der Waals surface area contributed by atoms with E-state index in [1.165, 1.54) is 6.07 Å². The van der Waals surface area contributed by atoms with Crippen molar-refractivity contribution in [1.82, 2.24) is 5.32 Å². The molecule has 1 aromatic carbocycles. The topological polar surface area (TPSA) is 78.4 Å². The van der Waals surface area contributed by atoms with E-state index in [0.717, 1.165) is 6.42 Å². The highest BCUT2D eigenvalue weighted by atomic mass is 79.9. The van der Waals surface area contributed by atoms with E-state index in [-0.39, 0.29) is 16.7 Å². The van der Waals surface area contributed by atoms with Gasteiger partial charge in [-0.25, -0.2) is 9.59 Å². The Kier molecular flexibility index (Phi) is 4.63. The first-order valence-electron chi connectivity index (χ1n) is 6.48. The molecule has 0 saturated heterocycles. The summed E-state index contributed by atoms with van der Waals surface area (Å²) in [5, 5.41) is 14.6. The number of carboxylic acid groups (broad SMARTS) is 1. The molecule has 2 rings (SSSR count). The minimum Gasteiger partial charge on any atom is -0.478 e. The van der Waals surface area contributed by atoms with Crippen molar-refractivity contribution in [2.45, 2.75) is 20.3 Å². The van der Waals surface area contributed by atoms with Crippen LogP contribution in [0.15, 0.2) is 21.1 Å². The fraction of sp³-hybridized carbons (Fsp3) is 0.429. The highest BCUT2D eigenvalue weighted by Gasteiger charge is 2.45. The third kappa shape index (κ3) is 3.97. The molecular formula is C14H16Br2N2O3. The molecule has 3 N–H and O–H groups in total. The molecule has 0 radical (unpaired) electrons. The third-order valence-corrected chi connectivity index (χ3v) is 4.83. The van der Waals surface area contributed by atoms with Gasteiger partial charge in [-0.2, -0.15) is 0 Å². The van der Waals surface area contributed by atoms with Crippen molar-refractivity contribution in [1.29, 1.82) is 0 Å². The maximum Gasteiger partial charge on any atom is 0.337 e. The van der Waals surface area contributed by atoms with Crippen LogP contribution in [0.2, 0.25) is 0 Å². The molecule has 0 aromatic heterocycles. The monoisotopic (exact) mass is 418 g/mol. The number of hydrogen-bond acceptors (Lipinski definition) is 2. The van der Waals surface area contributed by atoms with Crippen LogP contribution in [0.25, 0.3) is 0 Å². The lowest BCUT2D eigenvalue weighted by molar-refractivity contribution is 0.0698. The largest absolute Gasteiger partial charge is 0.478 e. The van der Waals surface area contributed by atoms with Crippen molar-refractivity contribution in [2.24, 2.45) is 11.3 Å². The summed E-state index contributed by atoms with van der Waals surface area (Å²) in [6, 6.07) is 2.74. The molecular weight excluding hydrogens is 404 g/mol. The molecule has 1 aliphatic rings. The number of rotatable bonds is 4. The Hall–Kier alpha value is -1.08. The Morgan fingerprint density at radius 3 is 2.52 bits per heavy atom. The number of benzene rings is 1. The molecule has 0 bridgehead atoms. The lowest BCUT2D eigenvalue weighted by Crippen LogP contribution is -2.31. The zero-order valence-electron chi connectivity index (χ0n) is 11.7. The van der Waals surface area contributed by atoms with Gasteiger partial charge in [-0.05, 0) is 45.8 Å². The number of nitrogens with one attached hydrogen (secondary N) is 2. The molecule has 0 heterocycles. The summed E-state index contributed by atoms with van der Waals surface area (Å²) >= 11 is 6.50. The molecule has 1 saturated carbocycles. The van der Waals surface area contributed by atoms with Crippen molar-refractivity contribution in [3.05, 3.63) is 26.6 Å². The van der Waals surface area contributed by atoms with E-state index in [9.17, 15) is 14.7 Å². The highest BCUT2D eigenvalue weighted by molar-refractivity contribution is 9.11. The fourth-order valence-electron chi connectivity index (χ4n) is 2.17. The van der Waals surface area contributed by atoms with Crippen LogP contribution < -0.4 is 10.6 Å². The molecule has 1 atom stereocenters. The number of anilines is 1. The van der Waals surface area contributed by atoms with Crippen LogP contribution in [0.3, 0.4) is 0 Å². The Balaban J connectivity index is 2.05. The van der Waals surface area contributed by atoms with Crippen LogP contribution in [0.1, 0.15) is 30.6 Å². The molecule has 1 unspecified atom stereocenters. The molecule has 5 nitrogen and oxygen atoms in total. The second kappa shape index (κ2) is 5.96. The van der Waals surface area contributed by atoms with Gasteiger partial charge in [0, 0.05) is 15.5 Å². The molecule has 114 valence electrons. The molecule has 1 fully saturated rings. The highest BCUT2D eigenvalue weighted by Crippen LogP contribution is 2.50. The van der Waals surface area contributed by atoms with Crippen molar-refractivity contribution >= 4 is 49.5 Å². The second-order valence-electron chi connectivity index (χ2n) is 5.84. The number of amides is 2. The molecule has 0 aliphatic heterocycles. The van der Waals surface area contributed by atoms with Gasteiger partial charge in [0.2, 0.25) is 0 Å². The van der Waals surface area contributed by atoms with E-state index >= 15 is 0 Å². The first kappa shape index (κ1) is 16.3. The first-order chi connectivity index (χ1) is 9.70. The van der Waals surface area contributed by atoms with Crippen molar-refractivity contribution in [3.63, 3.8) is 0 Å². The van der Waals surface area contributed by atoms with Crippen LogP contribution in [0.4, 0.5) is 10.5 Å². The van der Waals surface area contributed by atoms with Gasteiger partial charge in [0.25, 0.3) is 0 Å². The third-order valence-electron chi connectivity index (χ3n) is 3.75. The maximum atomic E-state index is 11.9. The van der Waals surface area contributed by atoms with Crippen molar-refractivity contribution in [2.75, 3.05) is 11.9 Å². The Bertz CT molecular complexity index is 602. The van der Waals surface area contributed by atoms with Gasteiger partial charge in [-0.15, -0.1) is 0 Å². The van der Waals surface area contributed by atoms with Gasteiger partial charge in [0.05, 0.1) is 11.3 Å². The summed E-state index contributed by atoms with van der Waals surface area (Å²) in [4.78, 5) is 23.2.